The highest BCUT2D eigenvalue weighted by atomic mass is 16.3. The van der Waals surface area contributed by atoms with Gasteiger partial charge in [0.2, 0.25) is 5.91 Å². The molecule has 0 spiro atoms. The van der Waals surface area contributed by atoms with Gasteiger partial charge in [0, 0.05) is 23.9 Å². The minimum atomic E-state index is -0.893. The highest BCUT2D eigenvalue weighted by Gasteiger charge is 2.25. The fourth-order valence-corrected chi connectivity index (χ4v) is 1.41. The van der Waals surface area contributed by atoms with Gasteiger partial charge in [0.1, 0.15) is 5.75 Å². The minimum absolute atomic E-state index is 0.0225. The van der Waals surface area contributed by atoms with Crippen LogP contribution >= 0.6 is 0 Å². The van der Waals surface area contributed by atoms with E-state index in [1.807, 2.05) is 0 Å². The highest BCUT2D eigenvalue weighted by molar-refractivity contribution is 5.83. The smallest absolute Gasteiger partial charge is 0.237 e. The number of amides is 1. The molecule has 1 heterocycles. The number of aromatic hydroxyl groups is 1. The first-order valence-electron chi connectivity index (χ1n) is 5.61. The summed E-state index contributed by atoms with van der Waals surface area (Å²) in [7, 11) is 0. The quantitative estimate of drug-likeness (QED) is 0.588. The summed E-state index contributed by atoms with van der Waals surface area (Å²) < 4.78 is 0. The van der Waals surface area contributed by atoms with Crippen LogP contribution in [0, 0.1) is 6.92 Å². The zero-order chi connectivity index (χ0) is 13.9. The van der Waals surface area contributed by atoms with Gasteiger partial charge in [-0.2, -0.15) is 0 Å². The van der Waals surface area contributed by atoms with Crippen LogP contribution < -0.4 is 11.1 Å². The largest absolute Gasteiger partial charge is 0.506 e. The van der Waals surface area contributed by atoms with Crippen molar-refractivity contribution < 1.29 is 15.0 Å². The number of nitrogens with two attached hydrogens (primary N) is 1. The summed E-state index contributed by atoms with van der Waals surface area (Å²) in [5.41, 5.74) is 5.87. The van der Waals surface area contributed by atoms with Crippen molar-refractivity contribution in [3.05, 3.63) is 23.0 Å². The molecule has 0 aliphatic rings. The molecule has 0 saturated heterocycles. The molecule has 5 N–H and O–H groups in total. The zero-order valence-corrected chi connectivity index (χ0v) is 10.8. The Labute approximate surface area is 106 Å². The number of aromatic nitrogens is 1. The molecular weight excluding hydrogens is 234 g/mol. The van der Waals surface area contributed by atoms with Gasteiger partial charge in [-0.1, -0.05) is 0 Å². The number of carbonyl (C=O) groups is 1. The Morgan fingerprint density at radius 1 is 1.56 bits per heavy atom. The summed E-state index contributed by atoms with van der Waals surface area (Å²) >= 11 is 0. The van der Waals surface area contributed by atoms with Crippen molar-refractivity contribution in [2.24, 2.45) is 5.73 Å². The third-order valence-electron chi connectivity index (χ3n) is 2.92. The number of aliphatic hydroxyl groups is 1. The number of aliphatic hydroxyl groups excluding tert-OH is 1. The van der Waals surface area contributed by atoms with Gasteiger partial charge >= 0.3 is 0 Å². The molecule has 0 atom stereocenters. The number of nitrogens with zero attached hydrogens (tertiary/aromatic N) is 1. The summed E-state index contributed by atoms with van der Waals surface area (Å²) in [6, 6.07) is 0. The molecule has 1 aromatic rings. The van der Waals surface area contributed by atoms with Crippen molar-refractivity contribution in [2.75, 3.05) is 0 Å². The summed E-state index contributed by atoms with van der Waals surface area (Å²) in [5.74, 6) is -0.465. The fraction of sp³-hybridized carbons (Fsp3) is 0.500. The monoisotopic (exact) mass is 253 g/mol. The zero-order valence-electron chi connectivity index (χ0n) is 10.8. The lowest BCUT2D eigenvalue weighted by molar-refractivity contribution is -0.123. The first-order valence-corrected chi connectivity index (χ1v) is 5.61. The number of pyridine rings is 1. The molecule has 1 aromatic heterocycles. The Hall–Kier alpha value is -1.66. The van der Waals surface area contributed by atoms with Crippen molar-refractivity contribution in [2.45, 2.75) is 39.5 Å². The van der Waals surface area contributed by atoms with E-state index in [4.69, 9.17) is 5.73 Å². The van der Waals surface area contributed by atoms with E-state index in [2.05, 4.69) is 10.3 Å². The minimum Gasteiger partial charge on any atom is -0.506 e. The van der Waals surface area contributed by atoms with Gasteiger partial charge in [0.25, 0.3) is 0 Å². The van der Waals surface area contributed by atoms with Crippen molar-refractivity contribution in [3.8, 4) is 5.75 Å². The van der Waals surface area contributed by atoms with Crippen LogP contribution in [0.2, 0.25) is 0 Å². The third kappa shape index (κ3) is 2.96. The van der Waals surface area contributed by atoms with E-state index in [-0.39, 0.29) is 18.9 Å². The summed E-state index contributed by atoms with van der Waals surface area (Å²) in [6.07, 6.45) is 1.50. The predicted molar refractivity (Wildman–Crippen MR) is 66.7 cm³/mol. The first kappa shape index (κ1) is 14.4. The maximum absolute atomic E-state index is 11.2. The molecule has 0 radical (unpaired) electrons. The van der Waals surface area contributed by atoms with Crippen molar-refractivity contribution in [1.82, 2.24) is 10.3 Å². The van der Waals surface area contributed by atoms with Crippen LogP contribution in [-0.2, 0) is 17.9 Å². The maximum atomic E-state index is 11.2. The van der Waals surface area contributed by atoms with Crippen LogP contribution in [-0.4, -0.2) is 26.6 Å². The number of rotatable bonds is 5. The van der Waals surface area contributed by atoms with E-state index in [1.54, 1.807) is 20.8 Å². The van der Waals surface area contributed by atoms with Crippen molar-refractivity contribution in [1.29, 1.82) is 0 Å². The standard InChI is InChI=1S/C12H19N3O3/c1-7-10(17)9(8(6-16)4-14-7)5-15-12(2,3)11(13)18/h4,15-17H,5-6H2,1-3H3,(H2,13,18). The van der Waals surface area contributed by atoms with E-state index in [1.165, 1.54) is 6.20 Å². The van der Waals surface area contributed by atoms with E-state index in [0.29, 0.717) is 16.8 Å². The molecule has 0 unspecified atom stereocenters. The molecule has 100 valence electrons. The maximum Gasteiger partial charge on any atom is 0.237 e. The summed E-state index contributed by atoms with van der Waals surface area (Å²) in [4.78, 5) is 15.1. The molecule has 0 aliphatic heterocycles. The second-order valence-corrected chi connectivity index (χ2v) is 4.70. The molecule has 0 bridgehead atoms. The number of hydrogen-bond acceptors (Lipinski definition) is 5. The predicted octanol–water partition coefficient (Wildman–Crippen LogP) is -0.0586. The van der Waals surface area contributed by atoms with E-state index >= 15 is 0 Å². The van der Waals surface area contributed by atoms with Crippen LogP contribution in [0.3, 0.4) is 0 Å². The van der Waals surface area contributed by atoms with E-state index in [9.17, 15) is 15.0 Å². The first-order chi connectivity index (χ1) is 8.29. The normalized spacial score (nSPS) is 11.6. The van der Waals surface area contributed by atoms with E-state index < -0.39 is 11.4 Å². The van der Waals surface area contributed by atoms with Crippen LogP contribution in [0.5, 0.6) is 5.75 Å². The molecular formula is C12H19N3O3. The number of hydrogen-bond donors (Lipinski definition) is 4. The Kier molecular flexibility index (Phi) is 4.26. The number of carbonyl (C=O) groups excluding carboxylic acids is 1. The average Bonchev–Trinajstić information content (AvgIpc) is 2.30. The lowest BCUT2D eigenvalue weighted by Crippen LogP contribution is -2.50. The average molecular weight is 253 g/mol. The third-order valence-corrected chi connectivity index (χ3v) is 2.92. The fourth-order valence-electron chi connectivity index (χ4n) is 1.41. The number of nitrogens with one attached hydrogen (secondary N) is 1. The van der Waals surface area contributed by atoms with Crippen LogP contribution in [0.1, 0.15) is 30.7 Å². The second kappa shape index (κ2) is 5.32. The second-order valence-electron chi connectivity index (χ2n) is 4.70. The van der Waals surface area contributed by atoms with Gasteiger partial charge in [-0.15, -0.1) is 0 Å². The van der Waals surface area contributed by atoms with Gasteiger partial charge in [-0.3, -0.25) is 15.1 Å². The van der Waals surface area contributed by atoms with Gasteiger partial charge in [-0.25, -0.2) is 0 Å². The SMILES string of the molecule is Cc1ncc(CO)c(CNC(C)(C)C(N)=O)c1O. The molecule has 0 fully saturated rings. The lowest BCUT2D eigenvalue weighted by atomic mass is 10.0. The molecule has 0 saturated carbocycles. The molecule has 0 aromatic carbocycles. The van der Waals surface area contributed by atoms with Gasteiger partial charge in [0.05, 0.1) is 17.8 Å². The van der Waals surface area contributed by atoms with Crippen LogP contribution in [0.25, 0.3) is 0 Å². The summed E-state index contributed by atoms with van der Waals surface area (Å²) in [6.45, 7) is 4.97. The number of primary amides is 1. The van der Waals surface area contributed by atoms with Gasteiger partial charge in [-0.05, 0) is 20.8 Å². The van der Waals surface area contributed by atoms with E-state index in [0.717, 1.165) is 0 Å². The Morgan fingerprint density at radius 2 is 2.17 bits per heavy atom. The van der Waals surface area contributed by atoms with Crippen molar-refractivity contribution >= 4 is 5.91 Å². The molecule has 6 nitrogen and oxygen atoms in total. The van der Waals surface area contributed by atoms with Crippen molar-refractivity contribution in [3.63, 3.8) is 0 Å². The lowest BCUT2D eigenvalue weighted by Gasteiger charge is -2.23. The topological polar surface area (TPSA) is 108 Å². The molecule has 1 amide bonds. The molecule has 0 aliphatic carbocycles. The number of aryl methyl sites for hydroxylation is 1. The summed E-state index contributed by atoms with van der Waals surface area (Å²) in [5, 5.41) is 22.1. The Morgan fingerprint density at radius 3 is 2.67 bits per heavy atom. The van der Waals surface area contributed by atoms with Gasteiger partial charge in [0.15, 0.2) is 0 Å². The Bertz CT molecular complexity index is 458. The molecule has 1 rings (SSSR count). The Balaban J connectivity index is 2.97. The van der Waals surface area contributed by atoms with Crippen LogP contribution in [0.4, 0.5) is 0 Å². The highest BCUT2D eigenvalue weighted by Crippen LogP contribution is 2.24. The van der Waals surface area contributed by atoms with Crippen LogP contribution in [0.15, 0.2) is 6.20 Å². The van der Waals surface area contributed by atoms with Gasteiger partial charge < -0.3 is 15.9 Å². The molecule has 6 heteroatoms. The molecule has 18 heavy (non-hydrogen) atoms.